The number of hydrogen-bond acceptors (Lipinski definition) is 3. The molecule has 1 fully saturated rings. The smallest absolute Gasteiger partial charge is 0.238 e. The number of anilines is 1. The Kier molecular flexibility index (Phi) is 3.87. The van der Waals surface area contributed by atoms with E-state index in [1.165, 1.54) is 0 Å². The second-order valence-electron chi connectivity index (χ2n) is 4.89. The Bertz CT molecular complexity index is 534. The van der Waals surface area contributed by atoms with Gasteiger partial charge < -0.3 is 16.3 Å². The van der Waals surface area contributed by atoms with E-state index in [1.54, 1.807) is 0 Å². The van der Waals surface area contributed by atoms with E-state index in [1.807, 2.05) is 0 Å². The molecule has 0 heterocycles. The molecule has 1 aromatic rings. The molecule has 0 bridgehead atoms. The van der Waals surface area contributed by atoms with Crippen LogP contribution in [0.2, 0.25) is 0 Å². The van der Waals surface area contributed by atoms with Gasteiger partial charge in [0.2, 0.25) is 5.91 Å². The molecule has 0 atom stereocenters. The van der Waals surface area contributed by atoms with Gasteiger partial charge in [-0.05, 0) is 25.0 Å². The summed E-state index contributed by atoms with van der Waals surface area (Å²) in [5, 5.41) is 14.2. The molecule has 0 aromatic heterocycles. The monoisotopic (exact) mass is 283 g/mol. The van der Waals surface area contributed by atoms with Crippen molar-refractivity contribution < 1.29 is 18.8 Å². The molecule has 1 aromatic carbocycles. The predicted molar refractivity (Wildman–Crippen MR) is 69.3 cm³/mol. The van der Waals surface area contributed by atoms with Crippen molar-refractivity contribution in [1.82, 2.24) is 0 Å². The van der Waals surface area contributed by atoms with Gasteiger partial charge in [0.15, 0.2) is 5.84 Å². The Morgan fingerprint density at radius 2 is 1.80 bits per heavy atom. The highest BCUT2D eigenvalue weighted by molar-refractivity contribution is 6.12. The Balaban J connectivity index is 2.25. The van der Waals surface area contributed by atoms with Gasteiger partial charge >= 0.3 is 0 Å². The minimum atomic E-state index is -1.11. The van der Waals surface area contributed by atoms with Crippen LogP contribution in [0.3, 0.4) is 0 Å². The van der Waals surface area contributed by atoms with Gasteiger partial charge in [-0.3, -0.25) is 4.79 Å². The number of carbonyl (C=O) groups excluding carboxylic acids is 1. The van der Waals surface area contributed by atoms with Gasteiger partial charge in [0.05, 0.1) is 0 Å². The Labute approximate surface area is 114 Å². The molecule has 1 aliphatic rings. The van der Waals surface area contributed by atoms with Crippen molar-refractivity contribution in [3.63, 3.8) is 0 Å². The second kappa shape index (κ2) is 5.44. The van der Waals surface area contributed by atoms with E-state index in [0.717, 1.165) is 25.0 Å². The number of rotatable bonds is 3. The molecule has 2 rings (SSSR count). The lowest BCUT2D eigenvalue weighted by molar-refractivity contribution is -0.122. The summed E-state index contributed by atoms with van der Waals surface area (Å²) < 4.78 is 26.2. The molecule has 4 N–H and O–H groups in total. The zero-order valence-corrected chi connectivity index (χ0v) is 10.7. The largest absolute Gasteiger partial charge is 0.409 e. The van der Waals surface area contributed by atoms with E-state index in [9.17, 15) is 13.6 Å². The van der Waals surface area contributed by atoms with Crippen molar-refractivity contribution in [2.45, 2.75) is 25.7 Å². The predicted octanol–water partition coefficient (Wildman–Crippen LogP) is 2.21. The van der Waals surface area contributed by atoms with Crippen LogP contribution < -0.4 is 11.1 Å². The quantitative estimate of drug-likeness (QED) is 0.344. The van der Waals surface area contributed by atoms with Gasteiger partial charge in [-0.25, -0.2) is 8.78 Å². The van der Waals surface area contributed by atoms with E-state index in [-0.39, 0.29) is 11.5 Å². The Morgan fingerprint density at radius 1 is 1.25 bits per heavy atom. The highest BCUT2D eigenvalue weighted by Crippen LogP contribution is 2.39. The molecule has 7 heteroatoms. The first-order valence-corrected chi connectivity index (χ1v) is 6.23. The molecule has 0 saturated heterocycles. The molecule has 0 spiro atoms. The van der Waals surface area contributed by atoms with Gasteiger partial charge in [0, 0.05) is 11.8 Å². The van der Waals surface area contributed by atoms with Crippen molar-refractivity contribution in [2.75, 3.05) is 5.32 Å². The molecule has 0 radical (unpaired) electrons. The highest BCUT2D eigenvalue weighted by Gasteiger charge is 2.45. The van der Waals surface area contributed by atoms with Crippen molar-refractivity contribution in [2.24, 2.45) is 16.3 Å². The summed E-state index contributed by atoms with van der Waals surface area (Å²) in [6.07, 6.45) is 2.40. The van der Waals surface area contributed by atoms with Gasteiger partial charge in [-0.15, -0.1) is 0 Å². The average Bonchev–Trinajstić information content (AvgIpc) is 2.87. The first-order valence-electron chi connectivity index (χ1n) is 6.23. The van der Waals surface area contributed by atoms with Gasteiger partial charge in [0.25, 0.3) is 0 Å². The zero-order valence-electron chi connectivity index (χ0n) is 10.7. The number of hydrogen-bond donors (Lipinski definition) is 3. The maximum Gasteiger partial charge on any atom is 0.238 e. The summed E-state index contributed by atoms with van der Waals surface area (Å²) in [6.45, 7) is 0. The normalized spacial score (nSPS) is 18.0. The third kappa shape index (κ3) is 2.56. The number of nitrogens with one attached hydrogen (secondary N) is 1. The molecule has 1 aliphatic carbocycles. The number of nitrogens with two attached hydrogens (primary N) is 1. The van der Waals surface area contributed by atoms with Crippen LogP contribution in [0.5, 0.6) is 0 Å². The molecule has 108 valence electrons. The first-order chi connectivity index (χ1) is 9.48. The molecule has 20 heavy (non-hydrogen) atoms. The van der Waals surface area contributed by atoms with E-state index in [0.29, 0.717) is 18.9 Å². The van der Waals surface area contributed by atoms with Crippen LogP contribution in [-0.4, -0.2) is 17.0 Å². The average molecular weight is 283 g/mol. The summed E-state index contributed by atoms with van der Waals surface area (Å²) in [5.74, 6) is -2.27. The Morgan fingerprint density at radius 3 is 2.30 bits per heavy atom. The first kappa shape index (κ1) is 14.2. The lowest BCUT2D eigenvalue weighted by Crippen LogP contribution is -2.45. The van der Waals surface area contributed by atoms with Gasteiger partial charge in [-0.1, -0.05) is 18.0 Å². The van der Waals surface area contributed by atoms with Gasteiger partial charge in [0.1, 0.15) is 17.0 Å². The third-order valence-electron chi connectivity index (χ3n) is 3.61. The summed E-state index contributed by atoms with van der Waals surface area (Å²) >= 11 is 0. The van der Waals surface area contributed by atoms with Crippen LogP contribution in [-0.2, 0) is 4.79 Å². The number of carbonyl (C=O) groups is 1. The molecule has 1 saturated carbocycles. The number of benzene rings is 1. The van der Waals surface area contributed by atoms with E-state index >= 15 is 0 Å². The second-order valence-corrected chi connectivity index (χ2v) is 4.89. The topological polar surface area (TPSA) is 87.7 Å². The maximum absolute atomic E-state index is 13.1. The number of amidine groups is 1. The minimum absolute atomic E-state index is 0.00418. The summed E-state index contributed by atoms with van der Waals surface area (Å²) in [5.41, 5.74) is 4.51. The molecule has 0 aliphatic heterocycles. The molecule has 1 amide bonds. The van der Waals surface area contributed by atoms with Crippen molar-refractivity contribution >= 4 is 17.4 Å². The van der Waals surface area contributed by atoms with E-state index < -0.39 is 23.0 Å². The minimum Gasteiger partial charge on any atom is -0.409 e. The lowest BCUT2D eigenvalue weighted by atomic mass is 9.83. The SMILES string of the molecule is NC(=NO)C1(C(=O)Nc2cc(F)cc(F)c2)CCCC1. The molecule has 5 nitrogen and oxygen atoms in total. The van der Waals surface area contributed by atoms with E-state index in [2.05, 4.69) is 10.5 Å². The van der Waals surface area contributed by atoms with Crippen LogP contribution >= 0.6 is 0 Å². The highest BCUT2D eigenvalue weighted by atomic mass is 19.1. The fraction of sp³-hybridized carbons (Fsp3) is 0.385. The lowest BCUT2D eigenvalue weighted by Gasteiger charge is -2.25. The summed E-state index contributed by atoms with van der Waals surface area (Å²) in [7, 11) is 0. The van der Waals surface area contributed by atoms with Crippen molar-refractivity contribution in [3.8, 4) is 0 Å². The van der Waals surface area contributed by atoms with Crippen molar-refractivity contribution in [3.05, 3.63) is 29.8 Å². The fourth-order valence-electron chi connectivity index (χ4n) is 2.55. The summed E-state index contributed by atoms with van der Waals surface area (Å²) in [4.78, 5) is 12.3. The Hall–Kier alpha value is -2.18. The maximum atomic E-state index is 13.1. The van der Waals surface area contributed by atoms with Crippen molar-refractivity contribution in [1.29, 1.82) is 0 Å². The summed E-state index contributed by atoms with van der Waals surface area (Å²) in [6, 6.07) is 2.73. The van der Waals surface area contributed by atoms with E-state index in [4.69, 9.17) is 10.9 Å². The number of oxime groups is 1. The van der Waals surface area contributed by atoms with Crippen LogP contribution in [0.1, 0.15) is 25.7 Å². The molecular formula is C13H15F2N3O2. The number of nitrogens with zero attached hydrogens (tertiary/aromatic N) is 1. The molecular weight excluding hydrogens is 268 g/mol. The van der Waals surface area contributed by atoms with Crippen LogP contribution in [0.4, 0.5) is 14.5 Å². The third-order valence-corrected chi connectivity index (χ3v) is 3.61. The van der Waals surface area contributed by atoms with Crippen LogP contribution in [0.25, 0.3) is 0 Å². The molecule has 0 unspecified atom stereocenters. The number of amides is 1. The van der Waals surface area contributed by atoms with Gasteiger partial charge in [-0.2, -0.15) is 0 Å². The number of halogens is 2. The zero-order chi connectivity index (χ0) is 14.8. The van der Waals surface area contributed by atoms with Crippen LogP contribution in [0, 0.1) is 17.0 Å². The van der Waals surface area contributed by atoms with Crippen LogP contribution in [0.15, 0.2) is 23.4 Å². The standard InChI is InChI=1S/C13H15F2N3O2/c14-8-5-9(15)7-10(6-8)17-12(19)13(11(16)18-20)3-1-2-4-13/h5-7,20H,1-4H2,(H2,16,18)(H,17,19). The fourth-order valence-corrected chi connectivity index (χ4v) is 2.55.